The van der Waals surface area contributed by atoms with E-state index in [0.717, 1.165) is 22.3 Å². The van der Waals surface area contributed by atoms with E-state index < -0.39 is 0 Å². The second-order valence-electron chi connectivity index (χ2n) is 4.81. The first-order chi connectivity index (χ1) is 10.8. The van der Waals surface area contributed by atoms with Gasteiger partial charge in [-0.2, -0.15) is 4.99 Å². The topological polar surface area (TPSA) is 12.4 Å². The van der Waals surface area contributed by atoms with Crippen molar-refractivity contribution in [3.63, 3.8) is 0 Å². The van der Waals surface area contributed by atoms with E-state index in [1.807, 2.05) is 42.5 Å². The fraction of sp³-hybridized carbons (Fsp3) is 0. The molecule has 0 unspecified atom stereocenters. The highest BCUT2D eigenvalue weighted by Gasteiger charge is 2.06. The van der Waals surface area contributed by atoms with Gasteiger partial charge in [-0.15, -0.1) is 0 Å². The number of benzene rings is 3. The number of aliphatic imine (C=N–C) groups is 1. The van der Waals surface area contributed by atoms with Gasteiger partial charge in [-0.25, -0.2) is 4.39 Å². The summed E-state index contributed by atoms with van der Waals surface area (Å²) in [6.45, 7) is 0. The zero-order valence-electron chi connectivity index (χ0n) is 11.7. The first kappa shape index (κ1) is 14.3. The number of rotatable bonds is 3. The van der Waals surface area contributed by atoms with E-state index in [4.69, 9.17) is 0 Å². The van der Waals surface area contributed by atoms with Gasteiger partial charge < -0.3 is 0 Å². The van der Waals surface area contributed by atoms with Crippen molar-refractivity contribution >= 4 is 23.1 Å². The van der Waals surface area contributed by atoms with Crippen LogP contribution in [0.25, 0.3) is 22.3 Å². The average Bonchev–Trinajstić information content (AvgIpc) is 2.56. The maximum Gasteiger partial charge on any atom is 0.125 e. The summed E-state index contributed by atoms with van der Waals surface area (Å²) in [5.74, 6) is -0.339. The lowest BCUT2D eigenvalue weighted by atomic mass is 9.99. The summed E-state index contributed by atoms with van der Waals surface area (Å²) in [4.78, 5) is 3.95. The molecule has 1 nitrogen and oxygen atoms in total. The van der Waals surface area contributed by atoms with Gasteiger partial charge in [0.15, 0.2) is 0 Å². The van der Waals surface area contributed by atoms with Crippen molar-refractivity contribution in [2.45, 2.75) is 0 Å². The summed E-state index contributed by atoms with van der Waals surface area (Å²) in [5.41, 5.74) is 4.57. The van der Waals surface area contributed by atoms with Crippen LogP contribution >= 0.6 is 12.2 Å². The Morgan fingerprint density at radius 2 is 1.41 bits per heavy atom. The average molecular weight is 305 g/mol. The molecular weight excluding hydrogens is 293 g/mol. The molecule has 0 heterocycles. The van der Waals surface area contributed by atoms with Crippen molar-refractivity contribution in [2.24, 2.45) is 4.99 Å². The maximum absolute atomic E-state index is 13.3. The zero-order valence-corrected chi connectivity index (χ0v) is 12.5. The lowest BCUT2D eigenvalue weighted by Crippen LogP contribution is -1.83. The molecule has 0 aromatic heterocycles. The lowest BCUT2D eigenvalue weighted by Gasteiger charge is -2.07. The van der Waals surface area contributed by atoms with Crippen LogP contribution in [0.1, 0.15) is 0 Å². The predicted octanol–water partition coefficient (Wildman–Crippen LogP) is 5.89. The van der Waals surface area contributed by atoms with E-state index in [9.17, 15) is 4.39 Å². The summed E-state index contributed by atoms with van der Waals surface area (Å²) in [5, 5.41) is 2.30. The van der Waals surface area contributed by atoms with Gasteiger partial charge in [0.2, 0.25) is 0 Å². The van der Waals surface area contributed by atoms with Crippen molar-refractivity contribution in [2.75, 3.05) is 0 Å². The molecule has 0 radical (unpaired) electrons. The normalized spacial score (nSPS) is 10.0. The Morgan fingerprint density at radius 3 is 2.09 bits per heavy atom. The minimum atomic E-state index is -0.339. The summed E-state index contributed by atoms with van der Waals surface area (Å²) < 4.78 is 13.3. The van der Waals surface area contributed by atoms with Crippen molar-refractivity contribution in [3.05, 3.63) is 78.6 Å². The Hall–Kier alpha value is -2.61. The first-order valence-corrected chi connectivity index (χ1v) is 7.22. The molecule has 0 aliphatic rings. The van der Waals surface area contributed by atoms with Gasteiger partial charge >= 0.3 is 0 Å². The molecule has 0 saturated carbocycles. The third kappa shape index (κ3) is 3.01. The van der Waals surface area contributed by atoms with Crippen LogP contribution in [0.15, 0.2) is 77.8 Å². The van der Waals surface area contributed by atoms with Crippen LogP contribution in [-0.2, 0) is 0 Å². The highest BCUT2D eigenvalue weighted by Crippen LogP contribution is 2.32. The smallest absolute Gasteiger partial charge is 0.125 e. The molecule has 0 saturated heterocycles. The molecule has 0 N–H and O–H groups in total. The van der Waals surface area contributed by atoms with Gasteiger partial charge in [0.1, 0.15) is 5.82 Å². The van der Waals surface area contributed by atoms with Gasteiger partial charge in [-0.1, -0.05) is 54.6 Å². The first-order valence-electron chi connectivity index (χ1n) is 6.81. The minimum absolute atomic E-state index is 0.339. The van der Waals surface area contributed by atoms with Crippen molar-refractivity contribution in [3.8, 4) is 22.3 Å². The maximum atomic E-state index is 13.3. The largest absolute Gasteiger partial charge is 0.207 e. The number of halogens is 1. The Balaban J connectivity index is 2.02. The minimum Gasteiger partial charge on any atom is -0.207 e. The second kappa shape index (κ2) is 6.44. The van der Waals surface area contributed by atoms with Crippen LogP contribution in [0.2, 0.25) is 0 Å². The molecule has 0 fully saturated rings. The van der Waals surface area contributed by atoms with E-state index in [0.29, 0.717) is 5.69 Å². The van der Waals surface area contributed by atoms with Crippen LogP contribution < -0.4 is 0 Å². The van der Waals surface area contributed by atoms with E-state index in [1.54, 1.807) is 6.07 Å². The van der Waals surface area contributed by atoms with E-state index in [-0.39, 0.29) is 5.82 Å². The fourth-order valence-electron chi connectivity index (χ4n) is 2.36. The quantitative estimate of drug-likeness (QED) is 0.434. The zero-order chi connectivity index (χ0) is 15.4. The van der Waals surface area contributed by atoms with Crippen molar-refractivity contribution < 1.29 is 4.39 Å². The van der Waals surface area contributed by atoms with Crippen LogP contribution in [0.5, 0.6) is 0 Å². The van der Waals surface area contributed by atoms with Crippen molar-refractivity contribution in [1.82, 2.24) is 0 Å². The van der Waals surface area contributed by atoms with Crippen LogP contribution in [0.4, 0.5) is 10.1 Å². The van der Waals surface area contributed by atoms with E-state index in [2.05, 4.69) is 34.5 Å². The molecule has 0 aliphatic carbocycles. The molecular formula is C19H12FNS. The molecule has 3 aromatic carbocycles. The molecule has 0 bridgehead atoms. The van der Waals surface area contributed by atoms with Crippen LogP contribution in [0.3, 0.4) is 0 Å². The summed E-state index contributed by atoms with van der Waals surface area (Å²) >= 11 is 4.63. The molecule has 3 rings (SSSR count). The number of thiocarbonyl (C=S) groups is 1. The number of hydrogen-bond acceptors (Lipinski definition) is 2. The Labute approximate surface area is 133 Å². The predicted molar refractivity (Wildman–Crippen MR) is 92.0 cm³/mol. The number of nitrogens with zero attached hydrogens (tertiary/aromatic N) is 1. The van der Waals surface area contributed by atoms with E-state index in [1.165, 1.54) is 12.1 Å². The van der Waals surface area contributed by atoms with Gasteiger partial charge in [-0.05, 0) is 41.0 Å². The highest BCUT2D eigenvalue weighted by atomic mass is 32.1. The molecule has 3 aromatic rings. The van der Waals surface area contributed by atoms with Gasteiger partial charge in [-0.3, -0.25) is 0 Å². The fourth-order valence-corrected chi connectivity index (χ4v) is 2.46. The van der Waals surface area contributed by atoms with Gasteiger partial charge in [0, 0.05) is 11.6 Å². The Bertz CT molecular complexity index is 835. The Morgan fingerprint density at radius 1 is 0.773 bits per heavy atom. The third-order valence-electron chi connectivity index (χ3n) is 3.43. The lowest BCUT2D eigenvalue weighted by molar-refractivity contribution is 0.628. The molecule has 0 amide bonds. The molecule has 22 heavy (non-hydrogen) atoms. The molecule has 106 valence electrons. The number of hydrogen-bond donors (Lipinski definition) is 0. The molecule has 0 aliphatic heterocycles. The SMILES string of the molecule is Fc1ccc(-c2ccc(-c3ccccc3)cc2)c(N=C=S)c1. The van der Waals surface area contributed by atoms with Crippen molar-refractivity contribution in [1.29, 1.82) is 0 Å². The van der Waals surface area contributed by atoms with Crippen LogP contribution in [-0.4, -0.2) is 5.16 Å². The standard InChI is InChI=1S/C19H12FNS/c20-17-10-11-18(19(12-17)21-13-22)16-8-6-15(7-9-16)14-4-2-1-3-5-14/h1-12H. The summed E-state index contributed by atoms with van der Waals surface area (Å²) in [6, 6.07) is 22.7. The number of isothiocyanates is 1. The highest BCUT2D eigenvalue weighted by molar-refractivity contribution is 7.78. The Kier molecular flexibility index (Phi) is 4.19. The second-order valence-corrected chi connectivity index (χ2v) is 4.99. The molecule has 3 heteroatoms. The van der Waals surface area contributed by atoms with Crippen LogP contribution in [0, 0.1) is 5.82 Å². The van der Waals surface area contributed by atoms with E-state index >= 15 is 0 Å². The monoisotopic (exact) mass is 305 g/mol. The summed E-state index contributed by atoms with van der Waals surface area (Å²) in [6.07, 6.45) is 0. The third-order valence-corrected chi connectivity index (χ3v) is 3.52. The molecule has 0 atom stereocenters. The van der Waals surface area contributed by atoms with Gasteiger partial charge in [0.25, 0.3) is 0 Å². The molecule has 0 spiro atoms. The summed E-state index contributed by atoms with van der Waals surface area (Å²) in [7, 11) is 0. The van der Waals surface area contributed by atoms with Gasteiger partial charge in [0.05, 0.1) is 10.8 Å².